The Morgan fingerprint density at radius 2 is 2.08 bits per heavy atom. The molecule has 2 saturated heterocycles. The van der Waals surface area contributed by atoms with E-state index in [9.17, 15) is 4.79 Å². The number of methoxy groups -OCH3 is 2. The summed E-state index contributed by atoms with van der Waals surface area (Å²) in [6, 6.07) is 0. The molecular weight excluding hydrogens is 322 g/mol. The van der Waals surface area contributed by atoms with Crippen LogP contribution in [0.2, 0.25) is 0 Å². The second-order valence-corrected chi connectivity index (χ2v) is 8.66. The van der Waals surface area contributed by atoms with E-state index in [0.717, 1.165) is 19.4 Å². The number of hydrogen-bond donors (Lipinski definition) is 1. The zero-order valence-electron chi connectivity index (χ0n) is 15.6. The van der Waals surface area contributed by atoms with E-state index in [1.54, 1.807) is 14.2 Å². The highest BCUT2D eigenvalue weighted by Crippen LogP contribution is 2.62. The normalized spacial score (nSPS) is 45.4. The minimum Gasteiger partial charge on any atom is -0.462 e. The van der Waals surface area contributed by atoms with Gasteiger partial charge in [-0.3, -0.25) is 4.79 Å². The third-order valence-electron chi connectivity index (χ3n) is 7.28. The first-order valence-electron chi connectivity index (χ1n) is 9.62. The Hall–Kier alpha value is -0.690. The zero-order valence-corrected chi connectivity index (χ0v) is 15.6. The molecule has 4 aliphatic rings. The topological polar surface area (TPSA) is 69.3 Å². The molecule has 2 aliphatic heterocycles. The number of ether oxygens (including phenoxy) is 4. The van der Waals surface area contributed by atoms with Crippen LogP contribution < -0.4 is 5.32 Å². The van der Waals surface area contributed by atoms with Crippen LogP contribution >= 0.6 is 0 Å². The molecular formula is C19H31NO5. The molecule has 0 aromatic rings. The van der Waals surface area contributed by atoms with Gasteiger partial charge in [-0.2, -0.15) is 0 Å². The van der Waals surface area contributed by atoms with Crippen LogP contribution in [0.1, 0.15) is 39.0 Å². The predicted molar refractivity (Wildman–Crippen MR) is 90.9 cm³/mol. The molecule has 6 heteroatoms. The summed E-state index contributed by atoms with van der Waals surface area (Å²) in [6.07, 6.45) is 5.49. The molecule has 6 nitrogen and oxygen atoms in total. The zero-order chi connectivity index (χ0) is 17.7. The minimum absolute atomic E-state index is 0.0399. The van der Waals surface area contributed by atoms with E-state index in [1.807, 2.05) is 0 Å². The standard InChI is InChI=1S/C19H31NO5/c1-18-5-4-6-19(11-24-19)15(18)7-12-13(17(21)25-14(12)8-18)9-20-10-16(22-2)23-3/h12-16,20H,4-11H2,1-3H3/t12-,13+,14-,15+,18-,19-/m1/s1. The van der Waals surface area contributed by atoms with Gasteiger partial charge in [-0.05, 0) is 43.4 Å². The number of epoxide rings is 1. The van der Waals surface area contributed by atoms with E-state index in [4.69, 9.17) is 18.9 Å². The van der Waals surface area contributed by atoms with Crippen LogP contribution in [0, 0.1) is 23.2 Å². The van der Waals surface area contributed by atoms with E-state index in [1.165, 1.54) is 19.3 Å². The van der Waals surface area contributed by atoms with E-state index >= 15 is 0 Å². The lowest BCUT2D eigenvalue weighted by Gasteiger charge is -2.51. The molecule has 6 atom stereocenters. The van der Waals surface area contributed by atoms with Gasteiger partial charge in [-0.25, -0.2) is 0 Å². The maximum Gasteiger partial charge on any atom is 0.310 e. The Kier molecular flexibility index (Phi) is 4.59. The number of esters is 1. The number of nitrogens with one attached hydrogen (secondary N) is 1. The number of hydrogen-bond acceptors (Lipinski definition) is 6. The second-order valence-electron chi connectivity index (χ2n) is 8.66. The number of fused-ring (bicyclic) bond motifs is 3. The molecule has 2 saturated carbocycles. The van der Waals surface area contributed by atoms with Gasteiger partial charge in [0, 0.05) is 33.2 Å². The summed E-state index contributed by atoms with van der Waals surface area (Å²) in [7, 11) is 3.24. The lowest BCUT2D eigenvalue weighted by molar-refractivity contribution is -0.147. The molecule has 0 bridgehead atoms. The van der Waals surface area contributed by atoms with Crippen molar-refractivity contribution in [3.8, 4) is 0 Å². The average Bonchev–Trinajstić information content (AvgIpc) is 3.28. The highest BCUT2D eigenvalue weighted by molar-refractivity contribution is 5.75. The molecule has 1 spiro atoms. The fourth-order valence-corrected chi connectivity index (χ4v) is 5.81. The third-order valence-corrected chi connectivity index (χ3v) is 7.28. The monoisotopic (exact) mass is 353 g/mol. The molecule has 4 fully saturated rings. The molecule has 2 heterocycles. The summed E-state index contributed by atoms with van der Waals surface area (Å²) in [4.78, 5) is 12.5. The lowest BCUT2D eigenvalue weighted by atomic mass is 9.53. The fraction of sp³-hybridized carbons (Fsp3) is 0.947. The van der Waals surface area contributed by atoms with Gasteiger partial charge >= 0.3 is 5.97 Å². The van der Waals surface area contributed by atoms with Crippen molar-refractivity contribution in [2.75, 3.05) is 33.9 Å². The van der Waals surface area contributed by atoms with Crippen molar-refractivity contribution in [2.24, 2.45) is 23.2 Å². The van der Waals surface area contributed by atoms with Gasteiger partial charge in [0.25, 0.3) is 0 Å². The Morgan fingerprint density at radius 1 is 1.32 bits per heavy atom. The van der Waals surface area contributed by atoms with Gasteiger partial charge < -0.3 is 24.3 Å². The second kappa shape index (κ2) is 6.48. The molecule has 4 rings (SSSR count). The van der Waals surface area contributed by atoms with Gasteiger partial charge in [-0.15, -0.1) is 0 Å². The lowest BCUT2D eigenvalue weighted by Crippen LogP contribution is -2.51. The summed E-state index contributed by atoms with van der Waals surface area (Å²) in [5.41, 5.74) is 0.370. The van der Waals surface area contributed by atoms with Crippen molar-refractivity contribution >= 4 is 5.97 Å². The minimum atomic E-state index is -0.288. The largest absolute Gasteiger partial charge is 0.462 e. The van der Waals surface area contributed by atoms with Crippen molar-refractivity contribution in [3.05, 3.63) is 0 Å². The molecule has 0 radical (unpaired) electrons. The van der Waals surface area contributed by atoms with Crippen LogP contribution in [-0.2, 0) is 23.7 Å². The van der Waals surface area contributed by atoms with Crippen LogP contribution in [0.3, 0.4) is 0 Å². The van der Waals surface area contributed by atoms with Crippen molar-refractivity contribution in [3.63, 3.8) is 0 Å². The van der Waals surface area contributed by atoms with Crippen LogP contribution in [-0.4, -0.2) is 57.9 Å². The third kappa shape index (κ3) is 3.01. The van der Waals surface area contributed by atoms with Crippen molar-refractivity contribution in [2.45, 2.75) is 57.0 Å². The first-order chi connectivity index (χ1) is 12.0. The van der Waals surface area contributed by atoms with E-state index < -0.39 is 0 Å². The summed E-state index contributed by atoms with van der Waals surface area (Å²) in [5.74, 6) is 0.766. The Bertz CT molecular complexity index is 518. The van der Waals surface area contributed by atoms with E-state index in [2.05, 4.69) is 12.2 Å². The van der Waals surface area contributed by atoms with Gasteiger partial charge in [0.15, 0.2) is 6.29 Å². The van der Waals surface area contributed by atoms with Crippen LogP contribution in [0.25, 0.3) is 0 Å². The first kappa shape index (κ1) is 17.7. The quantitative estimate of drug-likeness (QED) is 0.445. The summed E-state index contributed by atoms with van der Waals surface area (Å²) in [5, 5.41) is 3.33. The molecule has 0 amide bonds. The van der Waals surface area contributed by atoms with Crippen LogP contribution in [0.4, 0.5) is 0 Å². The number of carbonyl (C=O) groups is 1. The molecule has 25 heavy (non-hydrogen) atoms. The molecule has 0 aromatic carbocycles. The Labute approximate surface area is 149 Å². The number of rotatable bonds is 6. The van der Waals surface area contributed by atoms with Crippen molar-refractivity contribution < 1.29 is 23.7 Å². The van der Waals surface area contributed by atoms with Gasteiger partial charge in [0.05, 0.1) is 18.1 Å². The molecule has 142 valence electrons. The van der Waals surface area contributed by atoms with E-state index in [0.29, 0.717) is 24.9 Å². The van der Waals surface area contributed by atoms with E-state index in [-0.39, 0.29) is 35.3 Å². The maximum absolute atomic E-state index is 12.5. The highest BCUT2D eigenvalue weighted by Gasteiger charge is 2.64. The summed E-state index contributed by atoms with van der Waals surface area (Å²) in [6.45, 7) is 4.49. The first-order valence-corrected chi connectivity index (χ1v) is 9.62. The fourth-order valence-electron chi connectivity index (χ4n) is 5.81. The van der Waals surface area contributed by atoms with Crippen molar-refractivity contribution in [1.29, 1.82) is 0 Å². The van der Waals surface area contributed by atoms with Gasteiger partial charge in [0.1, 0.15) is 6.10 Å². The summed E-state index contributed by atoms with van der Waals surface area (Å²) < 4.78 is 22.2. The molecule has 2 aliphatic carbocycles. The van der Waals surface area contributed by atoms with Gasteiger partial charge in [-0.1, -0.05) is 6.92 Å². The maximum atomic E-state index is 12.5. The van der Waals surface area contributed by atoms with Crippen LogP contribution in [0.15, 0.2) is 0 Å². The Morgan fingerprint density at radius 3 is 2.76 bits per heavy atom. The molecule has 1 N–H and O–H groups in total. The van der Waals surface area contributed by atoms with Crippen molar-refractivity contribution in [1.82, 2.24) is 5.32 Å². The highest BCUT2D eigenvalue weighted by atomic mass is 16.7. The Balaban J connectivity index is 1.43. The summed E-state index contributed by atoms with van der Waals surface area (Å²) >= 11 is 0. The smallest absolute Gasteiger partial charge is 0.310 e. The average molecular weight is 353 g/mol. The predicted octanol–water partition coefficient (Wildman–Crippen LogP) is 1.72. The molecule has 0 aromatic heterocycles. The number of carbonyl (C=O) groups excluding carboxylic acids is 1. The SMILES string of the molecule is COC(CNC[C@@H]1C(=O)O[C@@H]2C[C@@]3(C)CCC[C@@]4(CO4)[C@H]3C[C@H]12)OC. The van der Waals surface area contributed by atoms with Crippen LogP contribution in [0.5, 0.6) is 0 Å². The van der Waals surface area contributed by atoms with Gasteiger partial charge in [0.2, 0.25) is 0 Å². The molecule has 0 unspecified atom stereocenters.